The average Bonchev–Trinajstić information content (AvgIpc) is 2.38. The standard InChI is InChI=1S/C14H17NO2/c1-10(17-2)14(16)9-11-7-8-15-13-6-4-3-5-12(11)13/h3-8,10,14,16H,9H2,1-2H3. The molecule has 0 aliphatic carbocycles. The Labute approximate surface area is 101 Å². The normalized spacial score (nSPS) is 14.8. The summed E-state index contributed by atoms with van der Waals surface area (Å²) in [7, 11) is 1.61. The first kappa shape index (κ1) is 12.0. The number of nitrogens with zero attached hydrogens (tertiary/aromatic N) is 1. The van der Waals surface area contributed by atoms with Crippen LogP contribution in [0.1, 0.15) is 12.5 Å². The minimum atomic E-state index is -0.495. The lowest BCUT2D eigenvalue weighted by Crippen LogP contribution is -2.27. The number of hydrogen-bond donors (Lipinski definition) is 1. The van der Waals surface area contributed by atoms with Gasteiger partial charge in [-0.05, 0) is 24.6 Å². The molecule has 2 rings (SSSR count). The number of pyridine rings is 1. The Morgan fingerprint density at radius 2 is 2.06 bits per heavy atom. The van der Waals surface area contributed by atoms with Gasteiger partial charge in [0.2, 0.25) is 0 Å². The van der Waals surface area contributed by atoms with Crippen LogP contribution in [0, 0.1) is 0 Å². The summed E-state index contributed by atoms with van der Waals surface area (Å²) in [6.07, 6.45) is 1.70. The van der Waals surface area contributed by atoms with Crippen molar-refractivity contribution in [2.45, 2.75) is 25.6 Å². The van der Waals surface area contributed by atoms with E-state index in [1.54, 1.807) is 13.3 Å². The van der Waals surface area contributed by atoms with Crippen molar-refractivity contribution in [2.24, 2.45) is 0 Å². The molecule has 1 aromatic heterocycles. The fraction of sp³-hybridized carbons (Fsp3) is 0.357. The van der Waals surface area contributed by atoms with E-state index in [-0.39, 0.29) is 6.10 Å². The third-order valence-corrected chi connectivity index (χ3v) is 3.08. The fourth-order valence-electron chi connectivity index (χ4n) is 1.88. The molecular weight excluding hydrogens is 214 g/mol. The predicted molar refractivity (Wildman–Crippen MR) is 67.9 cm³/mol. The second kappa shape index (κ2) is 5.25. The summed E-state index contributed by atoms with van der Waals surface area (Å²) in [4.78, 5) is 4.30. The lowest BCUT2D eigenvalue weighted by Gasteiger charge is -2.18. The van der Waals surface area contributed by atoms with E-state index < -0.39 is 6.10 Å². The molecule has 90 valence electrons. The first-order valence-corrected chi connectivity index (χ1v) is 5.76. The largest absolute Gasteiger partial charge is 0.390 e. The number of para-hydroxylation sites is 1. The highest BCUT2D eigenvalue weighted by Gasteiger charge is 2.15. The third-order valence-electron chi connectivity index (χ3n) is 3.08. The van der Waals surface area contributed by atoms with E-state index in [1.807, 2.05) is 37.3 Å². The number of aliphatic hydroxyl groups is 1. The van der Waals surface area contributed by atoms with Gasteiger partial charge in [0.05, 0.1) is 17.7 Å². The summed E-state index contributed by atoms with van der Waals surface area (Å²) < 4.78 is 5.13. The van der Waals surface area contributed by atoms with Gasteiger partial charge in [0.25, 0.3) is 0 Å². The topological polar surface area (TPSA) is 42.4 Å². The number of rotatable bonds is 4. The highest BCUT2D eigenvalue weighted by molar-refractivity contribution is 5.81. The number of fused-ring (bicyclic) bond motifs is 1. The quantitative estimate of drug-likeness (QED) is 0.877. The SMILES string of the molecule is COC(C)C(O)Cc1ccnc2ccccc12. The summed E-state index contributed by atoms with van der Waals surface area (Å²) in [6.45, 7) is 1.87. The Morgan fingerprint density at radius 1 is 1.29 bits per heavy atom. The molecule has 0 fully saturated rings. The van der Waals surface area contributed by atoms with Crippen LogP contribution in [-0.2, 0) is 11.2 Å². The van der Waals surface area contributed by atoms with Crippen molar-refractivity contribution in [3.8, 4) is 0 Å². The van der Waals surface area contributed by atoms with Crippen LogP contribution in [0.5, 0.6) is 0 Å². The molecule has 0 radical (unpaired) electrons. The summed E-state index contributed by atoms with van der Waals surface area (Å²) in [5.41, 5.74) is 2.06. The molecule has 3 heteroatoms. The van der Waals surface area contributed by atoms with Gasteiger partial charge in [-0.15, -0.1) is 0 Å². The van der Waals surface area contributed by atoms with Gasteiger partial charge in [0.1, 0.15) is 0 Å². The Kier molecular flexibility index (Phi) is 3.71. The van der Waals surface area contributed by atoms with Crippen LogP contribution in [0.2, 0.25) is 0 Å². The first-order chi connectivity index (χ1) is 8.22. The van der Waals surface area contributed by atoms with E-state index in [4.69, 9.17) is 4.74 Å². The molecule has 0 bridgehead atoms. The molecule has 2 atom stereocenters. The minimum Gasteiger partial charge on any atom is -0.390 e. The number of benzene rings is 1. The molecule has 1 heterocycles. The molecule has 17 heavy (non-hydrogen) atoms. The maximum atomic E-state index is 9.99. The summed E-state index contributed by atoms with van der Waals surface area (Å²) in [5, 5.41) is 11.1. The zero-order valence-electron chi connectivity index (χ0n) is 10.1. The third kappa shape index (κ3) is 2.62. The molecule has 3 nitrogen and oxygen atoms in total. The van der Waals surface area contributed by atoms with Gasteiger partial charge in [-0.2, -0.15) is 0 Å². The Bertz CT molecular complexity index is 493. The smallest absolute Gasteiger partial charge is 0.0839 e. The highest BCUT2D eigenvalue weighted by atomic mass is 16.5. The minimum absolute atomic E-state index is 0.165. The van der Waals surface area contributed by atoms with E-state index in [2.05, 4.69) is 4.98 Å². The molecule has 0 aliphatic heterocycles. The van der Waals surface area contributed by atoms with Crippen LogP contribution < -0.4 is 0 Å². The van der Waals surface area contributed by atoms with E-state index >= 15 is 0 Å². The van der Waals surface area contributed by atoms with Gasteiger partial charge in [-0.3, -0.25) is 4.98 Å². The van der Waals surface area contributed by atoms with Crippen LogP contribution in [0.25, 0.3) is 10.9 Å². The molecule has 1 N–H and O–H groups in total. The molecular formula is C14H17NO2. The summed E-state index contributed by atoms with van der Waals surface area (Å²) >= 11 is 0. The molecule has 0 aliphatic rings. The molecule has 0 spiro atoms. The van der Waals surface area contributed by atoms with E-state index in [1.165, 1.54) is 0 Å². The summed E-state index contributed by atoms with van der Waals surface area (Å²) in [6, 6.07) is 9.91. The van der Waals surface area contributed by atoms with Gasteiger partial charge in [-0.1, -0.05) is 18.2 Å². The molecule has 0 saturated carbocycles. The number of hydrogen-bond acceptors (Lipinski definition) is 3. The number of aromatic nitrogens is 1. The van der Waals surface area contributed by atoms with E-state index in [9.17, 15) is 5.11 Å². The van der Waals surface area contributed by atoms with Gasteiger partial charge in [-0.25, -0.2) is 0 Å². The van der Waals surface area contributed by atoms with Crippen molar-refractivity contribution in [1.82, 2.24) is 4.98 Å². The van der Waals surface area contributed by atoms with Gasteiger partial charge >= 0.3 is 0 Å². The van der Waals surface area contributed by atoms with Gasteiger partial charge in [0, 0.05) is 25.1 Å². The van der Waals surface area contributed by atoms with Crippen molar-refractivity contribution in [3.63, 3.8) is 0 Å². The molecule has 2 aromatic rings. The highest BCUT2D eigenvalue weighted by Crippen LogP contribution is 2.18. The number of aliphatic hydroxyl groups excluding tert-OH is 1. The van der Waals surface area contributed by atoms with Gasteiger partial charge < -0.3 is 9.84 Å². The summed E-state index contributed by atoms with van der Waals surface area (Å²) in [5.74, 6) is 0. The molecule has 0 saturated heterocycles. The van der Waals surface area contributed by atoms with Crippen molar-refractivity contribution in [2.75, 3.05) is 7.11 Å². The number of methoxy groups -OCH3 is 1. The Hall–Kier alpha value is -1.45. The van der Waals surface area contributed by atoms with Crippen molar-refractivity contribution in [3.05, 3.63) is 42.1 Å². The van der Waals surface area contributed by atoms with Gasteiger partial charge in [0.15, 0.2) is 0 Å². The lowest BCUT2D eigenvalue weighted by molar-refractivity contribution is 0.000556. The average molecular weight is 231 g/mol. The number of ether oxygens (including phenoxy) is 1. The van der Waals surface area contributed by atoms with Crippen molar-refractivity contribution < 1.29 is 9.84 Å². The van der Waals surface area contributed by atoms with E-state index in [0.29, 0.717) is 6.42 Å². The zero-order valence-corrected chi connectivity index (χ0v) is 10.1. The zero-order chi connectivity index (χ0) is 12.3. The van der Waals surface area contributed by atoms with Crippen LogP contribution >= 0.6 is 0 Å². The van der Waals surface area contributed by atoms with Crippen LogP contribution in [0.15, 0.2) is 36.5 Å². The second-order valence-corrected chi connectivity index (χ2v) is 4.20. The molecule has 0 amide bonds. The predicted octanol–water partition coefficient (Wildman–Crippen LogP) is 2.17. The molecule has 1 aromatic carbocycles. The fourth-order valence-corrected chi connectivity index (χ4v) is 1.88. The van der Waals surface area contributed by atoms with Crippen LogP contribution in [0.4, 0.5) is 0 Å². The maximum absolute atomic E-state index is 9.99. The maximum Gasteiger partial charge on any atom is 0.0839 e. The Morgan fingerprint density at radius 3 is 2.82 bits per heavy atom. The first-order valence-electron chi connectivity index (χ1n) is 5.76. The van der Waals surface area contributed by atoms with Crippen molar-refractivity contribution in [1.29, 1.82) is 0 Å². The van der Waals surface area contributed by atoms with Crippen LogP contribution in [-0.4, -0.2) is 29.4 Å². The van der Waals surface area contributed by atoms with Crippen LogP contribution in [0.3, 0.4) is 0 Å². The second-order valence-electron chi connectivity index (χ2n) is 4.20. The molecule has 2 unspecified atom stereocenters. The lowest BCUT2D eigenvalue weighted by atomic mass is 10.0. The Balaban J connectivity index is 2.30. The monoisotopic (exact) mass is 231 g/mol. The van der Waals surface area contributed by atoms with Crippen molar-refractivity contribution >= 4 is 10.9 Å². The van der Waals surface area contributed by atoms with E-state index in [0.717, 1.165) is 16.5 Å².